The molecule has 1 fully saturated rings. The molecule has 0 atom stereocenters. The molecule has 18 heavy (non-hydrogen) atoms. The van der Waals surface area contributed by atoms with Gasteiger partial charge >= 0.3 is 0 Å². The smallest absolute Gasteiger partial charge is 0.127 e. The lowest BCUT2D eigenvalue weighted by Gasteiger charge is -2.32. The van der Waals surface area contributed by atoms with Gasteiger partial charge in [-0.25, -0.2) is 9.37 Å². The maximum absolute atomic E-state index is 12.8. The summed E-state index contributed by atoms with van der Waals surface area (Å²) in [6.45, 7) is 0. The van der Waals surface area contributed by atoms with Crippen LogP contribution >= 0.6 is 0 Å². The number of aromatic amines is 1. The minimum Gasteiger partial charge on any atom is -0.341 e. The van der Waals surface area contributed by atoms with Crippen LogP contribution in [0.25, 0.3) is 11.3 Å². The number of rotatable bonds is 2. The van der Waals surface area contributed by atoms with E-state index < -0.39 is 5.41 Å². The average Bonchev–Trinajstić information content (AvgIpc) is 2.79. The first kappa shape index (κ1) is 11.0. The van der Waals surface area contributed by atoms with Gasteiger partial charge < -0.3 is 4.98 Å². The topological polar surface area (TPSA) is 52.5 Å². The molecule has 0 radical (unpaired) electrons. The number of nitriles is 1. The minimum atomic E-state index is -0.432. The Hall–Kier alpha value is -2.15. The van der Waals surface area contributed by atoms with E-state index in [1.165, 1.54) is 12.1 Å². The van der Waals surface area contributed by atoms with E-state index in [1.54, 1.807) is 18.3 Å². The van der Waals surface area contributed by atoms with Gasteiger partial charge in [-0.15, -0.1) is 0 Å². The highest BCUT2D eigenvalue weighted by Gasteiger charge is 2.41. The van der Waals surface area contributed by atoms with E-state index in [0.717, 1.165) is 36.3 Å². The molecule has 1 aliphatic rings. The molecule has 0 bridgehead atoms. The fraction of sp³-hybridized carbons (Fsp3) is 0.286. The van der Waals surface area contributed by atoms with Gasteiger partial charge in [0.2, 0.25) is 0 Å². The van der Waals surface area contributed by atoms with Crippen LogP contribution < -0.4 is 0 Å². The Morgan fingerprint density at radius 2 is 2.00 bits per heavy atom. The van der Waals surface area contributed by atoms with Gasteiger partial charge in [0.1, 0.15) is 17.1 Å². The first-order valence-corrected chi connectivity index (χ1v) is 5.96. The molecular formula is C14H12FN3. The SMILES string of the molecule is N#CC1(c2ncc(-c3ccc(F)cc3)[nH]2)CCC1. The van der Waals surface area contributed by atoms with Crippen LogP contribution in [0.5, 0.6) is 0 Å². The summed E-state index contributed by atoms with van der Waals surface area (Å²) in [5.41, 5.74) is 1.27. The van der Waals surface area contributed by atoms with Crippen molar-refractivity contribution >= 4 is 0 Å². The van der Waals surface area contributed by atoms with Crippen LogP contribution in [-0.2, 0) is 5.41 Å². The highest BCUT2D eigenvalue weighted by molar-refractivity contribution is 5.58. The number of nitrogens with one attached hydrogen (secondary N) is 1. The van der Waals surface area contributed by atoms with Crippen molar-refractivity contribution < 1.29 is 4.39 Å². The molecule has 1 heterocycles. The Morgan fingerprint density at radius 3 is 2.56 bits per heavy atom. The molecule has 0 aliphatic heterocycles. The molecule has 3 nitrogen and oxygen atoms in total. The van der Waals surface area contributed by atoms with Crippen LogP contribution in [0.15, 0.2) is 30.5 Å². The molecule has 2 aromatic rings. The molecule has 0 unspecified atom stereocenters. The van der Waals surface area contributed by atoms with E-state index in [9.17, 15) is 9.65 Å². The van der Waals surface area contributed by atoms with Crippen molar-refractivity contribution in [1.29, 1.82) is 5.26 Å². The highest BCUT2D eigenvalue weighted by Crippen LogP contribution is 2.42. The zero-order valence-electron chi connectivity index (χ0n) is 9.78. The average molecular weight is 241 g/mol. The Labute approximate surface area is 104 Å². The summed E-state index contributed by atoms with van der Waals surface area (Å²) in [7, 11) is 0. The molecule has 1 saturated carbocycles. The molecule has 1 aliphatic carbocycles. The van der Waals surface area contributed by atoms with Gasteiger partial charge in [0.15, 0.2) is 0 Å². The molecule has 1 N–H and O–H groups in total. The van der Waals surface area contributed by atoms with Gasteiger partial charge in [-0.1, -0.05) is 0 Å². The van der Waals surface area contributed by atoms with Crippen molar-refractivity contribution in [3.8, 4) is 17.3 Å². The Morgan fingerprint density at radius 1 is 1.28 bits per heavy atom. The van der Waals surface area contributed by atoms with Crippen LogP contribution in [0.4, 0.5) is 4.39 Å². The quantitative estimate of drug-likeness (QED) is 0.878. The Bertz CT molecular complexity index is 603. The van der Waals surface area contributed by atoms with Crippen molar-refractivity contribution in [3.05, 3.63) is 42.1 Å². The lowest BCUT2D eigenvalue weighted by molar-refractivity contribution is 0.309. The molecule has 1 aromatic carbocycles. The number of nitrogens with zero attached hydrogens (tertiary/aromatic N) is 2. The monoisotopic (exact) mass is 241 g/mol. The number of benzene rings is 1. The second-order valence-electron chi connectivity index (χ2n) is 4.70. The van der Waals surface area contributed by atoms with Crippen LogP contribution in [0, 0.1) is 17.1 Å². The number of halogens is 1. The third-order valence-electron chi connectivity index (χ3n) is 3.61. The van der Waals surface area contributed by atoms with Crippen LogP contribution in [-0.4, -0.2) is 9.97 Å². The molecular weight excluding hydrogens is 229 g/mol. The Balaban J connectivity index is 1.95. The van der Waals surface area contributed by atoms with Crippen LogP contribution in [0.1, 0.15) is 25.1 Å². The first-order valence-electron chi connectivity index (χ1n) is 5.96. The third kappa shape index (κ3) is 1.60. The van der Waals surface area contributed by atoms with Crippen molar-refractivity contribution in [2.75, 3.05) is 0 Å². The molecule has 4 heteroatoms. The van der Waals surface area contributed by atoms with Crippen molar-refractivity contribution in [2.45, 2.75) is 24.7 Å². The van der Waals surface area contributed by atoms with E-state index in [1.807, 2.05) is 0 Å². The number of hydrogen-bond acceptors (Lipinski definition) is 2. The van der Waals surface area contributed by atoms with Crippen LogP contribution in [0.3, 0.4) is 0 Å². The zero-order chi connectivity index (χ0) is 12.6. The summed E-state index contributed by atoms with van der Waals surface area (Å²) in [5.74, 6) is 0.474. The maximum atomic E-state index is 12.8. The summed E-state index contributed by atoms with van der Waals surface area (Å²) in [6.07, 6.45) is 4.50. The highest BCUT2D eigenvalue weighted by atomic mass is 19.1. The molecule has 0 amide bonds. The second-order valence-corrected chi connectivity index (χ2v) is 4.70. The fourth-order valence-corrected chi connectivity index (χ4v) is 2.27. The van der Waals surface area contributed by atoms with E-state index in [2.05, 4.69) is 16.0 Å². The predicted octanol–water partition coefficient (Wildman–Crippen LogP) is 3.16. The first-order chi connectivity index (χ1) is 8.73. The van der Waals surface area contributed by atoms with E-state index in [4.69, 9.17) is 0 Å². The summed E-state index contributed by atoms with van der Waals surface area (Å²) in [4.78, 5) is 7.49. The Kier molecular flexibility index (Phi) is 2.41. The zero-order valence-corrected chi connectivity index (χ0v) is 9.78. The second kappa shape index (κ2) is 3.95. The molecule has 0 saturated heterocycles. The summed E-state index contributed by atoms with van der Waals surface area (Å²) in [6, 6.07) is 8.58. The number of H-pyrrole nitrogens is 1. The molecule has 90 valence electrons. The van der Waals surface area contributed by atoms with Gasteiger partial charge in [0, 0.05) is 0 Å². The predicted molar refractivity (Wildman–Crippen MR) is 65.1 cm³/mol. The lowest BCUT2D eigenvalue weighted by Crippen LogP contribution is -2.33. The number of aromatic nitrogens is 2. The molecule has 1 aromatic heterocycles. The number of hydrogen-bond donors (Lipinski definition) is 1. The molecule has 3 rings (SSSR count). The summed E-state index contributed by atoms with van der Waals surface area (Å²) < 4.78 is 12.8. The summed E-state index contributed by atoms with van der Waals surface area (Å²) in [5, 5.41) is 9.25. The van der Waals surface area contributed by atoms with Crippen molar-refractivity contribution in [2.24, 2.45) is 0 Å². The maximum Gasteiger partial charge on any atom is 0.127 e. The summed E-state index contributed by atoms with van der Waals surface area (Å²) >= 11 is 0. The van der Waals surface area contributed by atoms with E-state index >= 15 is 0 Å². The van der Waals surface area contributed by atoms with Gasteiger partial charge in [-0.2, -0.15) is 5.26 Å². The van der Waals surface area contributed by atoms with Gasteiger partial charge in [-0.3, -0.25) is 0 Å². The van der Waals surface area contributed by atoms with Gasteiger partial charge in [0.05, 0.1) is 18.0 Å². The van der Waals surface area contributed by atoms with Gasteiger partial charge in [0.25, 0.3) is 0 Å². The lowest BCUT2D eigenvalue weighted by atomic mass is 9.69. The largest absolute Gasteiger partial charge is 0.341 e. The molecule has 0 spiro atoms. The fourth-order valence-electron chi connectivity index (χ4n) is 2.27. The number of imidazole rings is 1. The van der Waals surface area contributed by atoms with Gasteiger partial charge in [-0.05, 0) is 49.1 Å². The van der Waals surface area contributed by atoms with Crippen LogP contribution in [0.2, 0.25) is 0 Å². The van der Waals surface area contributed by atoms with E-state index in [-0.39, 0.29) is 5.82 Å². The normalized spacial score (nSPS) is 16.9. The van der Waals surface area contributed by atoms with E-state index in [0.29, 0.717) is 0 Å². The third-order valence-corrected chi connectivity index (χ3v) is 3.61. The standard InChI is InChI=1S/C14H12FN3/c15-11-4-2-10(3-5-11)12-8-17-13(18-12)14(9-16)6-1-7-14/h2-5,8H,1,6-7H2,(H,17,18). The minimum absolute atomic E-state index is 0.258. The van der Waals surface area contributed by atoms with Crippen molar-refractivity contribution in [1.82, 2.24) is 9.97 Å². The van der Waals surface area contributed by atoms with Crippen molar-refractivity contribution in [3.63, 3.8) is 0 Å².